The van der Waals surface area contributed by atoms with E-state index < -0.39 is 0 Å². The highest BCUT2D eigenvalue weighted by molar-refractivity contribution is 9.10. The van der Waals surface area contributed by atoms with Gasteiger partial charge in [0.05, 0.1) is 12.1 Å². The fraction of sp³-hybridized carbons (Fsp3) is 0.0667. The molecule has 0 aliphatic carbocycles. The quantitative estimate of drug-likeness (QED) is 0.815. The molecule has 1 amide bonds. The summed E-state index contributed by atoms with van der Waals surface area (Å²) in [4.78, 5) is 12.2. The summed E-state index contributed by atoms with van der Waals surface area (Å²) in [6, 6.07) is 11.1. The van der Waals surface area contributed by atoms with E-state index in [9.17, 15) is 9.18 Å². The SMILES string of the molecule is NC(=S)c1ccc(NC(=O)Cc2cccc(F)c2)c(Br)c1. The minimum Gasteiger partial charge on any atom is -0.389 e. The zero-order chi connectivity index (χ0) is 15.4. The molecule has 0 heterocycles. The Bertz CT molecular complexity index is 706. The number of rotatable bonds is 4. The van der Waals surface area contributed by atoms with Crippen molar-refractivity contribution in [3.63, 3.8) is 0 Å². The smallest absolute Gasteiger partial charge is 0.228 e. The van der Waals surface area contributed by atoms with Crippen LogP contribution in [0.3, 0.4) is 0 Å². The third-order valence-corrected chi connectivity index (χ3v) is 3.67. The summed E-state index contributed by atoms with van der Waals surface area (Å²) in [5, 5.41) is 2.75. The Kier molecular flexibility index (Phi) is 5.03. The summed E-state index contributed by atoms with van der Waals surface area (Å²) in [6.45, 7) is 0. The zero-order valence-corrected chi connectivity index (χ0v) is 13.3. The maximum atomic E-state index is 13.1. The molecular formula is C15H12BrFN2OS. The lowest BCUT2D eigenvalue weighted by atomic mass is 10.1. The Morgan fingerprint density at radius 3 is 2.67 bits per heavy atom. The molecule has 0 unspecified atom stereocenters. The van der Waals surface area contributed by atoms with Crippen molar-refractivity contribution in [3.05, 3.63) is 63.9 Å². The molecule has 0 aromatic heterocycles. The van der Waals surface area contributed by atoms with Crippen LogP contribution in [0.1, 0.15) is 11.1 Å². The number of carbonyl (C=O) groups excluding carboxylic acids is 1. The average molecular weight is 367 g/mol. The Balaban J connectivity index is 2.08. The predicted molar refractivity (Wildman–Crippen MR) is 88.8 cm³/mol. The second-order valence-electron chi connectivity index (χ2n) is 4.41. The third kappa shape index (κ3) is 4.34. The van der Waals surface area contributed by atoms with Gasteiger partial charge in [0, 0.05) is 10.0 Å². The van der Waals surface area contributed by atoms with Gasteiger partial charge in [-0.3, -0.25) is 4.79 Å². The monoisotopic (exact) mass is 366 g/mol. The Morgan fingerprint density at radius 2 is 2.05 bits per heavy atom. The van der Waals surface area contributed by atoms with Gasteiger partial charge in [-0.05, 0) is 51.8 Å². The molecular weight excluding hydrogens is 355 g/mol. The second kappa shape index (κ2) is 6.78. The summed E-state index contributed by atoms with van der Waals surface area (Å²) >= 11 is 8.24. The average Bonchev–Trinajstić information content (AvgIpc) is 2.40. The first-order chi connectivity index (χ1) is 9.95. The lowest BCUT2D eigenvalue weighted by Gasteiger charge is -2.09. The number of hydrogen-bond donors (Lipinski definition) is 2. The first kappa shape index (κ1) is 15.6. The van der Waals surface area contributed by atoms with Gasteiger partial charge < -0.3 is 11.1 Å². The van der Waals surface area contributed by atoms with Gasteiger partial charge in [-0.15, -0.1) is 0 Å². The highest BCUT2D eigenvalue weighted by Gasteiger charge is 2.08. The van der Waals surface area contributed by atoms with E-state index >= 15 is 0 Å². The maximum absolute atomic E-state index is 13.1. The second-order valence-corrected chi connectivity index (χ2v) is 5.71. The number of anilines is 1. The van der Waals surface area contributed by atoms with Gasteiger partial charge in [0.2, 0.25) is 5.91 Å². The van der Waals surface area contributed by atoms with E-state index in [0.29, 0.717) is 21.3 Å². The van der Waals surface area contributed by atoms with Gasteiger partial charge in [-0.1, -0.05) is 24.4 Å². The van der Waals surface area contributed by atoms with Crippen LogP contribution in [0, 0.1) is 5.82 Å². The maximum Gasteiger partial charge on any atom is 0.228 e. The predicted octanol–water partition coefficient (Wildman–Crippen LogP) is 3.40. The van der Waals surface area contributed by atoms with Crippen LogP contribution in [0.25, 0.3) is 0 Å². The van der Waals surface area contributed by atoms with E-state index in [1.165, 1.54) is 12.1 Å². The number of amides is 1. The molecule has 2 rings (SSSR count). The number of carbonyl (C=O) groups is 1. The van der Waals surface area contributed by atoms with Gasteiger partial charge in [0.15, 0.2) is 0 Å². The Labute approximate surface area is 135 Å². The number of thiocarbonyl (C=S) groups is 1. The Hall–Kier alpha value is -1.79. The molecule has 3 nitrogen and oxygen atoms in total. The van der Waals surface area contributed by atoms with Crippen molar-refractivity contribution in [3.8, 4) is 0 Å². The van der Waals surface area contributed by atoms with E-state index in [0.717, 1.165) is 0 Å². The van der Waals surface area contributed by atoms with Gasteiger partial charge in [-0.2, -0.15) is 0 Å². The Morgan fingerprint density at radius 1 is 1.29 bits per heavy atom. The third-order valence-electron chi connectivity index (χ3n) is 2.78. The summed E-state index contributed by atoms with van der Waals surface area (Å²) in [5.41, 5.74) is 7.47. The van der Waals surface area contributed by atoms with Crippen molar-refractivity contribution in [1.29, 1.82) is 0 Å². The lowest BCUT2D eigenvalue weighted by molar-refractivity contribution is -0.115. The molecule has 0 atom stereocenters. The molecule has 2 aromatic carbocycles. The van der Waals surface area contributed by atoms with E-state index in [-0.39, 0.29) is 23.1 Å². The van der Waals surface area contributed by atoms with Crippen LogP contribution >= 0.6 is 28.1 Å². The zero-order valence-electron chi connectivity index (χ0n) is 10.9. The standard InChI is InChI=1S/C15H12BrFN2OS/c16-12-8-10(15(18)21)4-5-13(12)19-14(20)7-9-2-1-3-11(17)6-9/h1-6,8H,7H2,(H2,18,21)(H,19,20). The van der Waals surface area contributed by atoms with Gasteiger partial charge in [0.1, 0.15) is 10.8 Å². The topological polar surface area (TPSA) is 55.1 Å². The molecule has 108 valence electrons. The van der Waals surface area contributed by atoms with Crippen molar-refractivity contribution in [2.45, 2.75) is 6.42 Å². The van der Waals surface area contributed by atoms with Crippen molar-refractivity contribution < 1.29 is 9.18 Å². The molecule has 0 spiro atoms. The summed E-state index contributed by atoms with van der Waals surface area (Å²) in [7, 11) is 0. The van der Waals surface area contributed by atoms with Crippen molar-refractivity contribution in [1.82, 2.24) is 0 Å². The van der Waals surface area contributed by atoms with Crippen molar-refractivity contribution in [2.24, 2.45) is 5.73 Å². The number of halogens is 2. The van der Waals surface area contributed by atoms with Gasteiger partial charge >= 0.3 is 0 Å². The largest absolute Gasteiger partial charge is 0.389 e. The van der Waals surface area contributed by atoms with Crippen LogP contribution in [-0.2, 0) is 11.2 Å². The molecule has 0 bridgehead atoms. The molecule has 2 aromatic rings. The first-order valence-electron chi connectivity index (χ1n) is 6.09. The fourth-order valence-electron chi connectivity index (χ4n) is 1.80. The highest BCUT2D eigenvalue weighted by Crippen LogP contribution is 2.24. The summed E-state index contributed by atoms with van der Waals surface area (Å²) < 4.78 is 13.7. The summed E-state index contributed by atoms with van der Waals surface area (Å²) in [5.74, 6) is -0.591. The van der Waals surface area contributed by atoms with Crippen LogP contribution in [0.2, 0.25) is 0 Å². The van der Waals surface area contributed by atoms with E-state index in [4.69, 9.17) is 18.0 Å². The first-order valence-corrected chi connectivity index (χ1v) is 7.29. The van der Waals surface area contributed by atoms with E-state index in [1.54, 1.807) is 30.3 Å². The minimum absolute atomic E-state index is 0.0985. The number of nitrogens with two attached hydrogens (primary N) is 1. The fourth-order valence-corrected chi connectivity index (χ4v) is 2.40. The van der Waals surface area contributed by atoms with E-state index in [2.05, 4.69) is 21.2 Å². The number of nitrogens with one attached hydrogen (secondary N) is 1. The molecule has 0 radical (unpaired) electrons. The van der Waals surface area contributed by atoms with Crippen LogP contribution in [0.4, 0.5) is 10.1 Å². The molecule has 0 fully saturated rings. The van der Waals surface area contributed by atoms with Gasteiger partial charge in [0.25, 0.3) is 0 Å². The van der Waals surface area contributed by atoms with Crippen molar-refractivity contribution >= 4 is 44.7 Å². The van der Waals surface area contributed by atoms with Gasteiger partial charge in [-0.25, -0.2) is 4.39 Å². The normalized spacial score (nSPS) is 10.2. The van der Waals surface area contributed by atoms with Crippen LogP contribution < -0.4 is 11.1 Å². The van der Waals surface area contributed by atoms with Crippen LogP contribution in [0.15, 0.2) is 46.9 Å². The van der Waals surface area contributed by atoms with E-state index in [1.807, 2.05) is 0 Å². The molecule has 0 aliphatic heterocycles. The molecule has 3 N–H and O–H groups in total. The number of hydrogen-bond acceptors (Lipinski definition) is 2. The van der Waals surface area contributed by atoms with Crippen LogP contribution in [-0.4, -0.2) is 10.9 Å². The molecule has 0 saturated heterocycles. The highest BCUT2D eigenvalue weighted by atomic mass is 79.9. The molecule has 0 saturated carbocycles. The summed E-state index contributed by atoms with van der Waals surface area (Å²) in [6.07, 6.45) is 0.0985. The lowest BCUT2D eigenvalue weighted by Crippen LogP contribution is -2.15. The molecule has 0 aliphatic rings. The minimum atomic E-state index is -0.359. The molecule has 21 heavy (non-hydrogen) atoms. The number of benzene rings is 2. The molecule has 6 heteroatoms. The van der Waals surface area contributed by atoms with Crippen LogP contribution in [0.5, 0.6) is 0 Å². The van der Waals surface area contributed by atoms with Crippen molar-refractivity contribution in [2.75, 3.05) is 5.32 Å².